The van der Waals surface area contributed by atoms with Crippen LogP contribution >= 0.6 is 0 Å². The Morgan fingerprint density at radius 2 is 1.97 bits per heavy atom. The molecule has 0 spiro atoms. The van der Waals surface area contributed by atoms with Crippen LogP contribution in [0.3, 0.4) is 0 Å². The number of halogens is 4. The van der Waals surface area contributed by atoms with Crippen LogP contribution < -0.4 is 15.4 Å². The number of rotatable bonds is 3. The fourth-order valence-electron chi connectivity index (χ4n) is 3.82. The number of amides is 1. The average Bonchev–Trinajstić information content (AvgIpc) is 3.22. The summed E-state index contributed by atoms with van der Waals surface area (Å²) in [7, 11) is 0. The summed E-state index contributed by atoms with van der Waals surface area (Å²) in [6.45, 7) is 1.44. The molecule has 0 bridgehead atoms. The summed E-state index contributed by atoms with van der Waals surface area (Å²) in [5, 5.41) is 6.21. The third kappa shape index (κ3) is 4.29. The molecule has 1 amide bonds. The fraction of sp³-hybridized carbons (Fsp3) is 0.174. The Kier molecular flexibility index (Phi) is 5.40. The van der Waals surface area contributed by atoms with Gasteiger partial charge < -0.3 is 15.4 Å². The summed E-state index contributed by atoms with van der Waals surface area (Å²) in [6.07, 6.45) is -1.10. The number of ether oxygens (including phenoxy) is 1. The Bertz CT molecular complexity index is 1400. The minimum atomic E-state index is -4.74. The first-order valence-electron chi connectivity index (χ1n) is 10.3. The Hall–Kier alpha value is -3.99. The van der Waals surface area contributed by atoms with Gasteiger partial charge in [-0.15, -0.1) is 0 Å². The lowest BCUT2D eigenvalue weighted by atomic mass is 10.1. The smallest absolute Gasteiger partial charge is 0.416 e. The lowest BCUT2D eigenvalue weighted by Crippen LogP contribution is -2.25. The molecule has 0 radical (unpaired) electrons. The predicted molar refractivity (Wildman–Crippen MR) is 115 cm³/mol. The number of benzene rings is 2. The fourth-order valence-corrected chi connectivity index (χ4v) is 3.82. The maximum Gasteiger partial charge on any atom is 0.416 e. The van der Waals surface area contributed by atoms with Crippen LogP contribution in [0.4, 0.5) is 28.0 Å². The minimum absolute atomic E-state index is 0.304. The van der Waals surface area contributed by atoms with Crippen molar-refractivity contribution in [3.63, 3.8) is 0 Å². The van der Waals surface area contributed by atoms with Gasteiger partial charge in [0.2, 0.25) is 5.88 Å². The van der Waals surface area contributed by atoms with Crippen molar-refractivity contribution in [3.8, 4) is 11.6 Å². The van der Waals surface area contributed by atoms with Gasteiger partial charge in [0.15, 0.2) is 0 Å². The van der Waals surface area contributed by atoms with Crippen molar-refractivity contribution in [2.45, 2.75) is 19.1 Å². The minimum Gasteiger partial charge on any atom is -0.439 e. The molecule has 0 saturated carbocycles. The molecule has 34 heavy (non-hydrogen) atoms. The number of alkyl halides is 3. The van der Waals surface area contributed by atoms with Crippen LogP contribution in [-0.2, 0) is 19.1 Å². The molecule has 5 rings (SSSR count). The van der Waals surface area contributed by atoms with E-state index in [4.69, 9.17) is 4.74 Å². The topological polar surface area (TPSA) is 81.1 Å². The average molecular weight is 471 g/mol. The van der Waals surface area contributed by atoms with Gasteiger partial charge in [-0.1, -0.05) is 0 Å². The number of nitrogens with zero attached hydrogens (tertiary/aromatic N) is 3. The maximum absolute atomic E-state index is 13.6. The number of carbonyl (C=O) groups is 1. The molecule has 0 aliphatic carbocycles. The van der Waals surface area contributed by atoms with Crippen molar-refractivity contribution < 1.29 is 27.1 Å². The molecular weight excluding hydrogens is 454 g/mol. The normalized spacial score (nSPS) is 13.5. The zero-order chi connectivity index (χ0) is 23.9. The summed E-state index contributed by atoms with van der Waals surface area (Å²) < 4.78 is 59.7. The molecule has 1 aliphatic rings. The molecule has 2 aromatic carbocycles. The number of nitrogens with one attached hydrogen (secondary N) is 2. The van der Waals surface area contributed by atoms with Crippen LogP contribution in [-0.4, -0.2) is 27.1 Å². The molecule has 0 atom stereocenters. The van der Waals surface area contributed by atoms with Crippen LogP contribution in [0.1, 0.15) is 16.8 Å². The summed E-state index contributed by atoms with van der Waals surface area (Å²) in [6, 6.07) is 7.82. The summed E-state index contributed by atoms with van der Waals surface area (Å²) in [5.74, 6) is -0.133. The van der Waals surface area contributed by atoms with Gasteiger partial charge in [-0.05, 0) is 55.4 Å². The number of anilines is 1. The molecule has 4 aromatic rings. The lowest BCUT2D eigenvalue weighted by Gasteiger charge is -2.18. The third-order valence-electron chi connectivity index (χ3n) is 5.41. The van der Waals surface area contributed by atoms with E-state index in [0.717, 1.165) is 30.3 Å². The predicted octanol–water partition coefficient (Wildman–Crippen LogP) is 5.11. The Morgan fingerprint density at radius 1 is 1.12 bits per heavy atom. The number of hydrogen-bond acceptors (Lipinski definition) is 5. The summed E-state index contributed by atoms with van der Waals surface area (Å²) >= 11 is 0. The van der Waals surface area contributed by atoms with Gasteiger partial charge in [-0.2, -0.15) is 13.2 Å². The van der Waals surface area contributed by atoms with Gasteiger partial charge in [-0.25, -0.2) is 19.2 Å². The van der Waals surface area contributed by atoms with E-state index in [1.807, 2.05) is 0 Å². The highest BCUT2D eigenvalue weighted by Crippen LogP contribution is 2.32. The summed E-state index contributed by atoms with van der Waals surface area (Å²) in [4.78, 5) is 21.2. The maximum atomic E-state index is 13.6. The second-order valence-corrected chi connectivity index (χ2v) is 7.70. The van der Waals surface area contributed by atoms with Crippen molar-refractivity contribution >= 4 is 22.6 Å². The van der Waals surface area contributed by atoms with Crippen molar-refractivity contribution in [1.82, 2.24) is 19.9 Å². The molecule has 2 N–H and O–H groups in total. The number of aromatic nitrogens is 3. The van der Waals surface area contributed by atoms with Crippen molar-refractivity contribution in [1.29, 1.82) is 0 Å². The standard InChI is InChI=1S/C23H17F4N5O2/c24-15-8-14(23(25,26)27)9-16(10-15)31-22(33)32-6-4-13-7-17(1-2-20(13)32)34-21-18-3-5-28-11-19(18)29-12-30-21/h1-2,4,6-10,12,28H,3,5,11H2,(H,31,33). The molecular formula is C23H17F4N5O2. The summed E-state index contributed by atoms with van der Waals surface area (Å²) in [5.41, 5.74) is 0.816. The van der Waals surface area contributed by atoms with E-state index in [1.54, 1.807) is 24.3 Å². The van der Waals surface area contributed by atoms with Crippen LogP contribution in [0.25, 0.3) is 10.9 Å². The van der Waals surface area contributed by atoms with E-state index in [-0.39, 0.29) is 5.69 Å². The van der Waals surface area contributed by atoms with E-state index in [2.05, 4.69) is 20.6 Å². The number of hydrogen-bond donors (Lipinski definition) is 2. The van der Waals surface area contributed by atoms with E-state index < -0.39 is 23.6 Å². The van der Waals surface area contributed by atoms with E-state index >= 15 is 0 Å². The molecule has 3 heterocycles. The monoisotopic (exact) mass is 471 g/mol. The van der Waals surface area contributed by atoms with Gasteiger partial charge in [-0.3, -0.25) is 4.57 Å². The largest absolute Gasteiger partial charge is 0.439 e. The molecule has 0 saturated heterocycles. The van der Waals surface area contributed by atoms with Gasteiger partial charge >= 0.3 is 12.2 Å². The highest BCUT2D eigenvalue weighted by atomic mass is 19.4. The van der Waals surface area contributed by atoms with E-state index in [0.29, 0.717) is 41.2 Å². The number of fused-ring (bicyclic) bond motifs is 2. The molecule has 174 valence electrons. The third-order valence-corrected chi connectivity index (χ3v) is 5.41. The van der Waals surface area contributed by atoms with Crippen LogP contribution in [0.5, 0.6) is 11.6 Å². The second-order valence-electron chi connectivity index (χ2n) is 7.70. The van der Waals surface area contributed by atoms with Gasteiger partial charge in [0.25, 0.3) is 0 Å². The first-order valence-corrected chi connectivity index (χ1v) is 10.3. The van der Waals surface area contributed by atoms with Gasteiger partial charge in [0.05, 0.1) is 16.8 Å². The van der Waals surface area contributed by atoms with Gasteiger partial charge in [0.1, 0.15) is 17.9 Å². The first kappa shape index (κ1) is 21.8. The quantitative estimate of drug-likeness (QED) is 0.406. The van der Waals surface area contributed by atoms with Crippen LogP contribution in [0.2, 0.25) is 0 Å². The molecule has 11 heteroatoms. The molecule has 1 aliphatic heterocycles. The highest BCUT2D eigenvalue weighted by Gasteiger charge is 2.31. The van der Waals surface area contributed by atoms with E-state index in [1.165, 1.54) is 17.1 Å². The Balaban J connectivity index is 1.38. The van der Waals surface area contributed by atoms with E-state index in [9.17, 15) is 22.4 Å². The first-order chi connectivity index (χ1) is 16.3. The Morgan fingerprint density at radius 3 is 2.79 bits per heavy atom. The number of carbonyl (C=O) groups excluding carboxylic acids is 1. The molecule has 2 aromatic heterocycles. The zero-order valence-electron chi connectivity index (χ0n) is 17.5. The van der Waals surface area contributed by atoms with Crippen LogP contribution in [0, 0.1) is 5.82 Å². The second kappa shape index (κ2) is 8.41. The van der Waals surface area contributed by atoms with Crippen molar-refractivity contribution in [3.05, 3.63) is 77.6 Å². The van der Waals surface area contributed by atoms with Crippen molar-refractivity contribution in [2.24, 2.45) is 0 Å². The molecule has 7 nitrogen and oxygen atoms in total. The zero-order valence-corrected chi connectivity index (χ0v) is 17.5. The highest BCUT2D eigenvalue weighted by molar-refractivity contribution is 5.98. The molecule has 0 fully saturated rings. The van der Waals surface area contributed by atoms with Crippen LogP contribution in [0.15, 0.2) is 55.0 Å². The SMILES string of the molecule is O=C(Nc1cc(F)cc(C(F)(F)F)c1)n1ccc2cc(Oc3ncnc4c3CCNC4)ccc21. The van der Waals surface area contributed by atoms with Gasteiger partial charge in [0, 0.05) is 29.4 Å². The Labute approximate surface area is 190 Å². The lowest BCUT2D eigenvalue weighted by molar-refractivity contribution is -0.137. The molecule has 0 unspecified atom stereocenters. The van der Waals surface area contributed by atoms with Crippen molar-refractivity contribution in [2.75, 3.05) is 11.9 Å².